The molecule has 1 aliphatic heterocycles. The van der Waals surface area contributed by atoms with E-state index in [4.69, 9.17) is 5.11 Å². The van der Waals surface area contributed by atoms with Gasteiger partial charge in [-0.2, -0.15) is 0 Å². The Morgan fingerprint density at radius 2 is 1.52 bits per heavy atom. The van der Waals surface area contributed by atoms with Crippen molar-refractivity contribution in [3.63, 3.8) is 0 Å². The van der Waals surface area contributed by atoms with Crippen LogP contribution in [0.4, 0.5) is 5.82 Å². The largest absolute Gasteiger partial charge is 0.478 e. The number of amides is 1. The predicted octanol–water partition coefficient (Wildman–Crippen LogP) is 2.90. The van der Waals surface area contributed by atoms with E-state index in [9.17, 15) is 9.59 Å². The van der Waals surface area contributed by atoms with Crippen molar-refractivity contribution < 1.29 is 14.7 Å². The number of aromatic nitrogens is 1. The highest BCUT2D eigenvalue weighted by molar-refractivity contribution is 6.00. The van der Waals surface area contributed by atoms with E-state index >= 15 is 0 Å². The third-order valence-corrected chi connectivity index (χ3v) is 4.87. The number of rotatable bonds is 3. The van der Waals surface area contributed by atoms with Gasteiger partial charge in [0.25, 0.3) is 5.91 Å². The highest BCUT2D eigenvalue weighted by atomic mass is 16.4. The first kappa shape index (κ1) is 17.0. The number of aromatic carboxylic acids is 1. The monoisotopic (exact) mass is 361 g/mol. The van der Waals surface area contributed by atoms with E-state index < -0.39 is 5.97 Å². The molecule has 2 heterocycles. The van der Waals surface area contributed by atoms with Crippen molar-refractivity contribution in [2.24, 2.45) is 0 Å². The summed E-state index contributed by atoms with van der Waals surface area (Å²) in [6, 6.07) is 16.2. The average Bonchev–Trinajstić information content (AvgIpc) is 2.73. The minimum Gasteiger partial charge on any atom is -0.478 e. The summed E-state index contributed by atoms with van der Waals surface area (Å²) in [6.45, 7) is 2.79. The molecule has 0 aliphatic carbocycles. The Labute approximate surface area is 156 Å². The van der Waals surface area contributed by atoms with Crippen molar-refractivity contribution >= 4 is 28.5 Å². The van der Waals surface area contributed by atoms with Crippen molar-refractivity contribution in [1.29, 1.82) is 0 Å². The van der Waals surface area contributed by atoms with Gasteiger partial charge in [0, 0.05) is 37.9 Å². The van der Waals surface area contributed by atoms with Crippen LogP contribution in [-0.4, -0.2) is 53.0 Å². The molecule has 1 fully saturated rings. The maximum Gasteiger partial charge on any atom is 0.335 e. The number of hydrogen-bond acceptors (Lipinski definition) is 4. The summed E-state index contributed by atoms with van der Waals surface area (Å²) in [6.07, 6.45) is 1.78. The number of benzene rings is 2. The first-order valence-electron chi connectivity index (χ1n) is 8.84. The van der Waals surface area contributed by atoms with Crippen molar-refractivity contribution in [3.05, 3.63) is 71.9 Å². The molecule has 27 heavy (non-hydrogen) atoms. The Kier molecular flexibility index (Phi) is 4.46. The SMILES string of the molecule is O=C(O)c1ccc2cc(C(=O)N3CCN(c4ccccn4)CC3)ccc2c1. The highest BCUT2D eigenvalue weighted by Gasteiger charge is 2.23. The van der Waals surface area contributed by atoms with Gasteiger partial charge in [-0.3, -0.25) is 4.79 Å². The Morgan fingerprint density at radius 3 is 2.15 bits per heavy atom. The molecular formula is C21H19N3O3. The van der Waals surface area contributed by atoms with Gasteiger partial charge in [-0.1, -0.05) is 18.2 Å². The molecular weight excluding hydrogens is 342 g/mol. The second-order valence-corrected chi connectivity index (χ2v) is 6.55. The fourth-order valence-electron chi connectivity index (χ4n) is 3.37. The van der Waals surface area contributed by atoms with Crippen LogP contribution in [0.3, 0.4) is 0 Å². The fraction of sp³-hybridized carbons (Fsp3) is 0.190. The first-order valence-corrected chi connectivity index (χ1v) is 8.84. The number of carboxylic acids is 1. The van der Waals surface area contributed by atoms with E-state index in [1.54, 1.807) is 36.5 Å². The summed E-state index contributed by atoms with van der Waals surface area (Å²) < 4.78 is 0. The van der Waals surface area contributed by atoms with Crippen LogP contribution in [0.2, 0.25) is 0 Å². The standard InChI is InChI=1S/C21H19N3O3/c25-20(24-11-9-23(10-12-24)19-3-1-2-8-22-19)17-6-4-16-14-18(21(26)27)7-5-15(16)13-17/h1-8,13-14H,9-12H2,(H,26,27). The van der Waals surface area contributed by atoms with Crippen LogP contribution in [0.5, 0.6) is 0 Å². The molecule has 0 saturated carbocycles. The van der Waals surface area contributed by atoms with Crippen molar-refractivity contribution in [1.82, 2.24) is 9.88 Å². The smallest absolute Gasteiger partial charge is 0.335 e. The lowest BCUT2D eigenvalue weighted by Crippen LogP contribution is -2.49. The summed E-state index contributed by atoms with van der Waals surface area (Å²) in [4.78, 5) is 32.3. The zero-order chi connectivity index (χ0) is 18.8. The second-order valence-electron chi connectivity index (χ2n) is 6.55. The lowest BCUT2D eigenvalue weighted by Gasteiger charge is -2.35. The van der Waals surface area contributed by atoms with Gasteiger partial charge in [-0.05, 0) is 47.2 Å². The van der Waals surface area contributed by atoms with Crippen LogP contribution in [0, 0.1) is 0 Å². The molecule has 6 heteroatoms. The Morgan fingerprint density at radius 1 is 0.852 bits per heavy atom. The number of fused-ring (bicyclic) bond motifs is 1. The van der Waals surface area contributed by atoms with Gasteiger partial charge in [0.15, 0.2) is 0 Å². The number of anilines is 1. The van der Waals surface area contributed by atoms with Crippen molar-refractivity contribution in [3.8, 4) is 0 Å². The van der Waals surface area contributed by atoms with Crippen molar-refractivity contribution in [2.75, 3.05) is 31.1 Å². The van der Waals surface area contributed by atoms with E-state index in [2.05, 4.69) is 9.88 Å². The van der Waals surface area contributed by atoms with E-state index in [0.29, 0.717) is 18.7 Å². The maximum absolute atomic E-state index is 12.9. The molecule has 0 spiro atoms. The second kappa shape index (κ2) is 7.07. The number of hydrogen-bond donors (Lipinski definition) is 1. The van der Waals surface area contributed by atoms with E-state index in [1.807, 2.05) is 29.2 Å². The van der Waals surface area contributed by atoms with E-state index in [-0.39, 0.29) is 11.5 Å². The zero-order valence-electron chi connectivity index (χ0n) is 14.7. The third kappa shape index (κ3) is 3.46. The Bertz CT molecular complexity index is 996. The number of nitrogens with zero attached hydrogens (tertiary/aromatic N) is 3. The molecule has 3 aromatic rings. The number of pyridine rings is 1. The van der Waals surface area contributed by atoms with Gasteiger partial charge < -0.3 is 14.9 Å². The molecule has 0 atom stereocenters. The molecule has 0 bridgehead atoms. The predicted molar refractivity (Wildman–Crippen MR) is 103 cm³/mol. The average molecular weight is 361 g/mol. The van der Waals surface area contributed by atoms with Gasteiger partial charge in [0.1, 0.15) is 5.82 Å². The molecule has 1 N–H and O–H groups in total. The molecule has 1 amide bonds. The summed E-state index contributed by atoms with van der Waals surface area (Å²) in [5.74, 6) is -0.0211. The van der Waals surface area contributed by atoms with Crippen LogP contribution in [0.1, 0.15) is 20.7 Å². The Balaban J connectivity index is 1.48. The molecule has 6 nitrogen and oxygen atoms in total. The number of carbonyl (C=O) groups excluding carboxylic acids is 1. The van der Waals surface area contributed by atoms with Gasteiger partial charge in [-0.25, -0.2) is 9.78 Å². The number of carbonyl (C=O) groups is 2. The van der Waals surface area contributed by atoms with Crippen LogP contribution in [0.25, 0.3) is 10.8 Å². The molecule has 0 radical (unpaired) electrons. The first-order chi connectivity index (χ1) is 13.1. The third-order valence-electron chi connectivity index (χ3n) is 4.87. The van der Waals surface area contributed by atoms with Gasteiger partial charge >= 0.3 is 5.97 Å². The normalized spacial score (nSPS) is 14.4. The van der Waals surface area contributed by atoms with Crippen LogP contribution < -0.4 is 4.90 Å². The Hall–Kier alpha value is -3.41. The topological polar surface area (TPSA) is 73.7 Å². The highest BCUT2D eigenvalue weighted by Crippen LogP contribution is 2.20. The molecule has 1 aliphatic rings. The lowest BCUT2D eigenvalue weighted by atomic mass is 10.0. The lowest BCUT2D eigenvalue weighted by molar-refractivity contribution is 0.0695. The summed E-state index contributed by atoms with van der Waals surface area (Å²) in [5, 5.41) is 10.8. The minimum absolute atomic E-state index is 0.000109. The number of carboxylic acid groups (broad SMARTS) is 1. The van der Waals surface area contributed by atoms with Crippen LogP contribution >= 0.6 is 0 Å². The van der Waals surface area contributed by atoms with Crippen LogP contribution in [0.15, 0.2) is 60.8 Å². The summed E-state index contributed by atoms with van der Waals surface area (Å²) >= 11 is 0. The molecule has 2 aromatic carbocycles. The van der Waals surface area contributed by atoms with E-state index in [0.717, 1.165) is 29.7 Å². The molecule has 136 valence electrons. The molecule has 4 rings (SSSR count). The van der Waals surface area contributed by atoms with Gasteiger partial charge in [0.2, 0.25) is 0 Å². The van der Waals surface area contributed by atoms with E-state index in [1.165, 1.54) is 0 Å². The summed E-state index contributed by atoms with van der Waals surface area (Å²) in [5.41, 5.74) is 0.865. The molecule has 0 unspecified atom stereocenters. The van der Waals surface area contributed by atoms with Crippen LogP contribution in [-0.2, 0) is 0 Å². The zero-order valence-corrected chi connectivity index (χ0v) is 14.7. The van der Waals surface area contributed by atoms with Gasteiger partial charge in [0.05, 0.1) is 5.56 Å². The van der Waals surface area contributed by atoms with Crippen molar-refractivity contribution in [2.45, 2.75) is 0 Å². The molecule has 1 aromatic heterocycles. The fourth-order valence-corrected chi connectivity index (χ4v) is 3.37. The minimum atomic E-state index is -0.956. The number of piperazine rings is 1. The quantitative estimate of drug-likeness (QED) is 0.776. The van der Waals surface area contributed by atoms with Gasteiger partial charge in [-0.15, -0.1) is 0 Å². The maximum atomic E-state index is 12.9. The summed E-state index contributed by atoms with van der Waals surface area (Å²) in [7, 11) is 0. The molecule has 1 saturated heterocycles.